The summed E-state index contributed by atoms with van der Waals surface area (Å²) < 4.78 is 6.73. The van der Waals surface area contributed by atoms with Crippen molar-refractivity contribution < 1.29 is 19.1 Å². The van der Waals surface area contributed by atoms with Crippen LogP contribution in [0.3, 0.4) is 0 Å². The van der Waals surface area contributed by atoms with Gasteiger partial charge in [0.25, 0.3) is 17.4 Å². The largest absolute Gasteiger partial charge is 0.451 e. The quantitative estimate of drug-likeness (QED) is 0.551. The number of hydrogen-bond acceptors (Lipinski definition) is 6. The van der Waals surface area contributed by atoms with E-state index in [0.29, 0.717) is 41.5 Å². The number of benzene rings is 2. The molecule has 36 heavy (non-hydrogen) atoms. The van der Waals surface area contributed by atoms with Crippen LogP contribution in [-0.2, 0) is 20.9 Å². The molecule has 2 heterocycles. The topological polar surface area (TPSA) is 111 Å². The number of anilines is 2. The van der Waals surface area contributed by atoms with Gasteiger partial charge < -0.3 is 10.1 Å². The summed E-state index contributed by atoms with van der Waals surface area (Å²) in [6.07, 6.45) is 2.73. The maximum absolute atomic E-state index is 13.5. The van der Waals surface area contributed by atoms with Crippen LogP contribution in [0.15, 0.2) is 53.3 Å². The van der Waals surface area contributed by atoms with Gasteiger partial charge in [0.05, 0.1) is 16.8 Å². The summed E-state index contributed by atoms with van der Waals surface area (Å²) in [5, 5.41) is 7.95. The van der Waals surface area contributed by atoms with Crippen molar-refractivity contribution in [1.29, 1.82) is 0 Å². The second kappa shape index (κ2) is 9.22. The van der Waals surface area contributed by atoms with Crippen molar-refractivity contribution in [3.05, 3.63) is 64.6 Å². The third kappa shape index (κ3) is 3.94. The Morgan fingerprint density at radius 3 is 2.42 bits per heavy atom. The predicted octanol–water partition coefficient (Wildman–Crippen LogP) is 3.51. The average Bonchev–Trinajstić information content (AvgIpc) is 3.35. The van der Waals surface area contributed by atoms with E-state index in [1.54, 1.807) is 48.5 Å². The molecule has 0 unspecified atom stereocenters. The molecule has 186 valence electrons. The highest BCUT2D eigenvalue weighted by atomic mass is 16.5. The van der Waals surface area contributed by atoms with E-state index in [4.69, 9.17) is 4.74 Å². The van der Waals surface area contributed by atoms with E-state index < -0.39 is 24.0 Å². The summed E-state index contributed by atoms with van der Waals surface area (Å²) in [5.74, 6) is -1.36. The predicted molar refractivity (Wildman–Crippen MR) is 135 cm³/mol. The van der Waals surface area contributed by atoms with E-state index in [1.807, 2.05) is 13.8 Å². The lowest BCUT2D eigenvalue weighted by molar-refractivity contribution is -0.129. The first kappa shape index (κ1) is 23.7. The molecule has 1 spiro atoms. The van der Waals surface area contributed by atoms with Crippen LogP contribution in [0, 0.1) is 5.92 Å². The van der Waals surface area contributed by atoms with Crippen LogP contribution in [0.5, 0.6) is 0 Å². The summed E-state index contributed by atoms with van der Waals surface area (Å²) in [5.41, 5.74) is -0.160. The smallest absolute Gasteiger partial charge is 0.359 e. The number of aromatic nitrogens is 2. The lowest BCUT2D eigenvalue weighted by atomic mass is 9.90. The van der Waals surface area contributed by atoms with Crippen LogP contribution in [0.1, 0.15) is 50.0 Å². The summed E-state index contributed by atoms with van der Waals surface area (Å²) in [6.45, 7) is 3.68. The summed E-state index contributed by atoms with van der Waals surface area (Å²) in [6, 6.07) is 13.8. The van der Waals surface area contributed by atoms with E-state index in [1.165, 1.54) is 9.58 Å². The maximum atomic E-state index is 13.5. The third-order valence-corrected chi connectivity index (χ3v) is 6.85. The highest BCUT2D eigenvalue weighted by Gasteiger charge is 2.52. The Morgan fingerprint density at radius 2 is 1.69 bits per heavy atom. The lowest BCUT2D eigenvalue weighted by Crippen LogP contribution is -2.61. The minimum atomic E-state index is -0.993. The van der Waals surface area contributed by atoms with Crippen molar-refractivity contribution >= 4 is 39.9 Å². The second-order valence-corrected chi connectivity index (χ2v) is 9.79. The molecule has 3 aromatic rings. The Kier molecular flexibility index (Phi) is 6.07. The van der Waals surface area contributed by atoms with Crippen molar-refractivity contribution in [3.63, 3.8) is 0 Å². The molecule has 9 nitrogen and oxygen atoms in total. The first-order valence-corrected chi connectivity index (χ1v) is 12.2. The lowest BCUT2D eigenvalue weighted by Gasteiger charge is -2.44. The standard InChI is InChI=1S/C27H28N4O5/c1-17(2)15-30-24(33)19-10-4-3-9-18(19)23(29-30)25(34)36-16-22(32)31-21-12-6-5-11-20(21)28-26(35)27(31)13-7-8-14-27/h3-6,9-12,17H,7-8,13-16H2,1-2H3,(H,28,35). The fraction of sp³-hybridized carbons (Fsp3) is 0.370. The molecule has 0 radical (unpaired) electrons. The van der Waals surface area contributed by atoms with Gasteiger partial charge in [-0.3, -0.25) is 19.3 Å². The van der Waals surface area contributed by atoms with Crippen LogP contribution in [0.25, 0.3) is 10.8 Å². The molecule has 2 aromatic carbocycles. The average molecular weight is 489 g/mol. The van der Waals surface area contributed by atoms with Crippen LogP contribution < -0.4 is 15.8 Å². The van der Waals surface area contributed by atoms with Crippen LogP contribution in [0.2, 0.25) is 0 Å². The number of para-hydroxylation sites is 2. The van der Waals surface area contributed by atoms with Crippen molar-refractivity contribution in [3.8, 4) is 0 Å². The molecule has 1 N–H and O–H groups in total. The number of carbonyl (C=O) groups is 3. The second-order valence-electron chi connectivity index (χ2n) is 9.79. The fourth-order valence-electron chi connectivity index (χ4n) is 5.24. The Hall–Kier alpha value is -4.01. The number of fused-ring (bicyclic) bond motifs is 2. The van der Waals surface area contributed by atoms with E-state index >= 15 is 0 Å². The minimum absolute atomic E-state index is 0.0222. The van der Waals surface area contributed by atoms with Crippen molar-refractivity contribution in [2.75, 3.05) is 16.8 Å². The molecule has 1 saturated carbocycles. The van der Waals surface area contributed by atoms with Gasteiger partial charge in [-0.15, -0.1) is 0 Å². The molecule has 1 aromatic heterocycles. The Labute approximate surface area is 208 Å². The van der Waals surface area contributed by atoms with Gasteiger partial charge in [-0.1, -0.05) is 57.0 Å². The number of carbonyl (C=O) groups excluding carboxylic acids is 3. The van der Waals surface area contributed by atoms with Gasteiger partial charge >= 0.3 is 5.97 Å². The zero-order valence-corrected chi connectivity index (χ0v) is 20.3. The number of nitrogens with zero attached hydrogens (tertiary/aromatic N) is 3. The Morgan fingerprint density at radius 1 is 1.03 bits per heavy atom. The first-order valence-electron chi connectivity index (χ1n) is 12.2. The molecule has 5 rings (SSSR count). The highest BCUT2D eigenvalue weighted by Crippen LogP contribution is 2.45. The number of esters is 1. The number of nitrogens with one attached hydrogen (secondary N) is 1. The van der Waals surface area contributed by atoms with Gasteiger partial charge in [-0.25, -0.2) is 9.48 Å². The molecule has 1 fully saturated rings. The Bertz CT molecular complexity index is 1420. The molecular weight excluding hydrogens is 460 g/mol. The summed E-state index contributed by atoms with van der Waals surface area (Å²) >= 11 is 0. The normalized spacial score (nSPS) is 16.3. The van der Waals surface area contributed by atoms with Crippen molar-refractivity contribution in [2.24, 2.45) is 5.92 Å². The zero-order valence-electron chi connectivity index (χ0n) is 20.3. The van der Waals surface area contributed by atoms with E-state index in [9.17, 15) is 19.2 Å². The van der Waals surface area contributed by atoms with Gasteiger partial charge in [0, 0.05) is 11.9 Å². The van der Waals surface area contributed by atoms with Crippen LogP contribution in [0.4, 0.5) is 11.4 Å². The molecular formula is C27H28N4O5. The summed E-state index contributed by atoms with van der Waals surface area (Å²) in [4.78, 5) is 54.2. The minimum Gasteiger partial charge on any atom is -0.451 e. The van der Waals surface area contributed by atoms with Gasteiger partial charge in [-0.2, -0.15) is 5.10 Å². The van der Waals surface area contributed by atoms with Gasteiger partial charge in [0.2, 0.25) is 0 Å². The first-order chi connectivity index (χ1) is 17.3. The molecule has 1 aliphatic carbocycles. The van der Waals surface area contributed by atoms with E-state index in [2.05, 4.69) is 10.4 Å². The van der Waals surface area contributed by atoms with E-state index in [0.717, 1.165) is 12.8 Å². The molecule has 1 aliphatic heterocycles. The third-order valence-electron chi connectivity index (χ3n) is 6.85. The van der Waals surface area contributed by atoms with Crippen LogP contribution >= 0.6 is 0 Å². The van der Waals surface area contributed by atoms with E-state index in [-0.39, 0.29) is 23.1 Å². The number of amides is 2. The molecule has 0 atom stereocenters. The fourth-order valence-corrected chi connectivity index (χ4v) is 5.24. The maximum Gasteiger partial charge on any atom is 0.359 e. The molecule has 0 bridgehead atoms. The number of hydrogen-bond donors (Lipinski definition) is 1. The molecule has 0 saturated heterocycles. The van der Waals surface area contributed by atoms with Crippen LogP contribution in [-0.4, -0.2) is 39.7 Å². The molecule has 9 heteroatoms. The molecule has 2 aliphatic rings. The van der Waals surface area contributed by atoms with Gasteiger partial charge in [-0.05, 0) is 37.0 Å². The number of rotatable bonds is 5. The zero-order chi connectivity index (χ0) is 25.4. The molecule has 2 amide bonds. The summed E-state index contributed by atoms with van der Waals surface area (Å²) in [7, 11) is 0. The number of ether oxygens (including phenoxy) is 1. The monoisotopic (exact) mass is 488 g/mol. The van der Waals surface area contributed by atoms with Gasteiger partial charge in [0.1, 0.15) is 5.54 Å². The highest BCUT2D eigenvalue weighted by molar-refractivity contribution is 6.15. The van der Waals surface area contributed by atoms with Gasteiger partial charge in [0.15, 0.2) is 12.3 Å². The SMILES string of the molecule is CC(C)Cn1nc(C(=O)OCC(=O)N2c3ccccc3NC(=O)C23CCCC3)c2ccccc2c1=O. The Balaban J connectivity index is 1.45. The van der Waals surface area contributed by atoms with Crippen molar-refractivity contribution in [1.82, 2.24) is 9.78 Å². The van der Waals surface area contributed by atoms with Crippen molar-refractivity contribution in [2.45, 2.75) is 51.6 Å².